The molecule has 0 saturated carbocycles. The molecule has 45 heavy (non-hydrogen) atoms. The van der Waals surface area contributed by atoms with Crippen LogP contribution < -0.4 is 25.7 Å². The number of likely N-dealkylation sites (tertiary alicyclic amines) is 1. The van der Waals surface area contributed by atoms with Crippen LogP contribution >= 0.6 is 12.4 Å². The van der Waals surface area contributed by atoms with Crippen molar-refractivity contribution in [3.05, 3.63) is 59.7 Å². The van der Waals surface area contributed by atoms with E-state index in [9.17, 15) is 13.2 Å². The van der Waals surface area contributed by atoms with Gasteiger partial charge in [0.15, 0.2) is 27.3 Å². The third kappa shape index (κ3) is 8.47. The van der Waals surface area contributed by atoms with E-state index in [1.807, 2.05) is 17.0 Å². The van der Waals surface area contributed by atoms with Crippen LogP contribution in [0.25, 0.3) is 0 Å². The fraction of sp³-hybridized carbons (Fsp3) is 0.484. The maximum atomic E-state index is 14.1. The zero-order valence-electron chi connectivity index (χ0n) is 26.2. The number of carbonyl (C=O) groups excluding carboxylic acids is 1. The molecule has 2 saturated heterocycles. The summed E-state index contributed by atoms with van der Waals surface area (Å²) in [5.41, 5.74) is 12.6. The molecular formula is C31H45ClN6O6S. The van der Waals surface area contributed by atoms with Gasteiger partial charge in [0.25, 0.3) is 5.91 Å². The maximum absolute atomic E-state index is 14.1. The third-order valence-electron chi connectivity index (χ3n) is 8.15. The number of carbonyl (C=O) groups is 1. The number of guanidine groups is 1. The van der Waals surface area contributed by atoms with Gasteiger partial charge in [-0.15, -0.1) is 19.0 Å². The van der Waals surface area contributed by atoms with Gasteiger partial charge in [0, 0.05) is 50.4 Å². The van der Waals surface area contributed by atoms with Crippen LogP contribution in [-0.2, 0) is 22.9 Å². The molecule has 2 aromatic carbocycles. The van der Waals surface area contributed by atoms with Crippen molar-refractivity contribution >= 4 is 34.1 Å². The first-order chi connectivity index (χ1) is 21.1. The summed E-state index contributed by atoms with van der Waals surface area (Å²) < 4.78 is 44.8. The van der Waals surface area contributed by atoms with Crippen molar-refractivity contribution in [1.29, 1.82) is 0 Å². The third-order valence-corrected chi connectivity index (χ3v) is 10.3. The first kappa shape index (κ1) is 36.1. The van der Waals surface area contributed by atoms with E-state index in [-0.39, 0.29) is 28.8 Å². The van der Waals surface area contributed by atoms with Gasteiger partial charge in [0.2, 0.25) is 5.75 Å². The van der Waals surface area contributed by atoms with E-state index in [4.69, 9.17) is 25.7 Å². The molecule has 1 atom stereocenters. The second-order valence-corrected chi connectivity index (χ2v) is 13.0. The topological polar surface area (TPSA) is 153 Å². The number of hydrogen-bond donors (Lipinski definition) is 2. The first-order valence-electron chi connectivity index (χ1n) is 14.7. The molecule has 12 nitrogen and oxygen atoms in total. The van der Waals surface area contributed by atoms with Gasteiger partial charge in [-0.3, -0.25) is 19.5 Å². The summed E-state index contributed by atoms with van der Waals surface area (Å²) in [6.45, 7) is 9.12. The highest BCUT2D eigenvalue weighted by Gasteiger charge is 2.34. The minimum absolute atomic E-state index is 0. The summed E-state index contributed by atoms with van der Waals surface area (Å²) in [5, 5.41) is -0.853. The molecule has 2 aliphatic heterocycles. The van der Waals surface area contributed by atoms with E-state index in [2.05, 4.69) is 21.4 Å². The fourth-order valence-electron chi connectivity index (χ4n) is 5.95. The van der Waals surface area contributed by atoms with Crippen molar-refractivity contribution in [1.82, 2.24) is 14.7 Å². The van der Waals surface area contributed by atoms with E-state index < -0.39 is 21.1 Å². The monoisotopic (exact) mass is 664 g/mol. The molecule has 2 fully saturated rings. The predicted octanol–water partition coefficient (Wildman–Crippen LogP) is 2.64. The van der Waals surface area contributed by atoms with Crippen LogP contribution in [0.4, 0.5) is 0 Å². The number of aliphatic imine (C=N–C) groups is 1. The Bertz CT molecular complexity index is 1470. The summed E-state index contributed by atoms with van der Waals surface area (Å²) in [4.78, 5) is 23.0. The quantitative estimate of drug-likeness (QED) is 0.196. The largest absolute Gasteiger partial charge is 0.493 e. The Hall–Kier alpha value is -3.36. The Morgan fingerprint density at radius 2 is 1.49 bits per heavy atom. The van der Waals surface area contributed by atoms with Crippen LogP contribution in [0.3, 0.4) is 0 Å². The zero-order chi connectivity index (χ0) is 31.9. The molecule has 0 aliphatic carbocycles. The summed E-state index contributed by atoms with van der Waals surface area (Å²) in [5.74, 6) is 0.810. The standard InChI is InChI=1S/C31H44N6O6S.ClH/c1-5-27(37-13-7-6-8-14-37)44(39,40)26-12-10-22(30(38)34-31(32)33)19-24(26)21-36-17-15-35(16-18-36)20-23-9-11-25(41-2)29(43-4)28(23)42-3;/h5,9-12,19,27H,1,6-8,13-18,20-21H2,2-4H3,(H4,32,33,34,38);1H. The molecule has 0 spiro atoms. The summed E-state index contributed by atoms with van der Waals surface area (Å²) in [6.07, 6.45) is 4.47. The van der Waals surface area contributed by atoms with E-state index in [0.29, 0.717) is 62.1 Å². The van der Waals surface area contributed by atoms with Crippen LogP contribution in [0.2, 0.25) is 0 Å². The van der Waals surface area contributed by atoms with Gasteiger partial charge < -0.3 is 25.7 Å². The van der Waals surface area contributed by atoms with Gasteiger partial charge in [0.05, 0.1) is 26.2 Å². The van der Waals surface area contributed by atoms with Gasteiger partial charge in [-0.25, -0.2) is 8.42 Å². The van der Waals surface area contributed by atoms with Crippen LogP contribution in [0, 0.1) is 0 Å². The average molecular weight is 665 g/mol. The number of sulfone groups is 1. The van der Waals surface area contributed by atoms with Crippen molar-refractivity contribution in [3.63, 3.8) is 0 Å². The number of benzene rings is 2. The van der Waals surface area contributed by atoms with Crippen LogP contribution in [0.15, 0.2) is 52.9 Å². The van der Waals surface area contributed by atoms with Crippen molar-refractivity contribution in [2.45, 2.75) is 42.6 Å². The number of ether oxygens (including phenoxy) is 3. The molecule has 4 rings (SSSR count). The fourth-order valence-corrected chi connectivity index (χ4v) is 7.81. The number of nitrogens with zero attached hydrogens (tertiary/aromatic N) is 4. The molecule has 248 valence electrons. The van der Waals surface area contributed by atoms with Gasteiger partial charge in [-0.1, -0.05) is 18.6 Å². The van der Waals surface area contributed by atoms with Gasteiger partial charge >= 0.3 is 0 Å². The molecule has 0 radical (unpaired) electrons. The molecule has 1 unspecified atom stereocenters. The summed E-state index contributed by atoms with van der Waals surface area (Å²) >= 11 is 0. The highest BCUT2D eigenvalue weighted by atomic mass is 35.5. The SMILES string of the molecule is C=CC(N1CCCCC1)S(=O)(=O)c1ccc(C(=O)N=C(N)N)cc1CN1CCN(Cc2ccc(OC)c(OC)c2OC)CC1.Cl. The van der Waals surface area contributed by atoms with Gasteiger partial charge in [0.1, 0.15) is 5.37 Å². The smallest absolute Gasteiger partial charge is 0.280 e. The summed E-state index contributed by atoms with van der Waals surface area (Å²) in [6, 6.07) is 8.40. The van der Waals surface area contributed by atoms with E-state index >= 15 is 0 Å². The molecule has 14 heteroatoms. The molecule has 2 aliphatic rings. The van der Waals surface area contributed by atoms with Crippen molar-refractivity contribution in [2.24, 2.45) is 16.5 Å². The Labute approximate surface area is 272 Å². The summed E-state index contributed by atoms with van der Waals surface area (Å²) in [7, 11) is 0.951. The first-order valence-corrected chi connectivity index (χ1v) is 16.3. The molecule has 2 aromatic rings. The molecule has 4 N–H and O–H groups in total. The van der Waals surface area contributed by atoms with Gasteiger partial charge in [-0.2, -0.15) is 4.99 Å². The lowest BCUT2D eigenvalue weighted by atomic mass is 10.1. The number of rotatable bonds is 12. The van der Waals surface area contributed by atoms with Crippen molar-refractivity contribution in [2.75, 3.05) is 60.6 Å². The Morgan fingerprint density at radius 1 is 0.889 bits per heavy atom. The van der Waals surface area contributed by atoms with E-state index in [0.717, 1.165) is 37.9 Å². The highest BCUT2D eigenvalue weighted by Crippen LogP contribution is 2.40. The number of amides is 1. The number of halogens is 1. The molecule has 0 bridgehead atoms. The Kier molecular flexibility index (Phi) is 13.1. The predicted molar refractivity (Wildman–Crippen MR) is 177 cm³/mol. The minimum Gasteiger partial charge on any atom is -0.493 e. The number of methoxy groups -OCH3 is 3. The minimum atomic E-state index is -3.83. The molecule has 2 heterocycles. The Morgan fingerprint density at radius 3 is 2.02 bits per heavy atom. The number of nitrogens with two attached hydrogens (primary N) is 2. The maximum Gasteiger partial charge on any atom is 0.280 e. The lowest BCUT2D eigenvalue weighted by Gasteiger charge is -2.36. The van der Waals surface area contributed by atoms with Gasteiger partial charge in [-0.05, 0) is 55.8 Å². The average Bonchev–Trinajstić information content (AvgIpc) is 3.02. The molecule has 1 amide bonds. The lowest BCUT2D eigenvalue weighted by molar-refractivity contribution is 0.100. The van der Waals surface area contributed by atoms with Crippen molar-refractivity contribution < 1.29 is 27.4 Å². The van der Waals surface area contributed by atoms with Crippen LogP contribution in [0.1, 0.15) is 40.7 Å². The second-order valence-electron chi connectivity index (χ2n) is 11.0. The Balaban J connectivity index is 0.00000552. The normalized spacial score (nSPS) is 17.0. The number of piperidine rings is 1. The second kappa shape index (κ2) is 16.3. The lowest BCUT2D eigenvalue weighted by Crippen LogP contribution is -2.46. The highest BCUT2D eigenvalue weighted by molar-refractivity contribution is 7.92. The zero-order valence-corrected chi connectivity index (χ0v) is 27.9. The number of piperazine rings is 1. The van der Waals surface area contributed by atoms with E-state index in [1.54, 1.807) is 27.4 Å². The van der Waals surface area contributed by atoms with Crippen molar-refractivity contribution in [3.8, 4) is 17.2 Å². The molecule has 0 aromatic heterocycles. The van der Waals surface area contributed by atoms with E-state index in [1.165, 1.54) is 18.2 Å². The number of hydrogen-bond acceptors (Lipinski definition) is 9. The van der Waals surface area contributed by atoms with Crippen LogP contribution in [0.5, 0.6) is 17.2 Å². The molecular weight excluding hydrogens is 620 g/mol. The van der Waals surface area contributed by atoms with Crippen LogP contribution in [-0.4, -0.2) is 101 Å².